The lowest BCUT2D eigenvalue weighted by atomic mass is 9.95. The second-order valence-corrected chi connectivity index (χ2v) is 6.10. The fraction of sp³-hybridized carbons (Fsp3) is 0.158. The van der Waals surface area contributed by atoms with Crippen LogP contribution in [0.3, 0.4) is 0 Å². The molecule has 3 aromatic rings. The van der Waals surface area contributed by atoms with Crippen molar-refractivity contribution in [2.75, 3.05) is 6.26 Å². The van der Waals surface area contributed by atoms with Crippen LogP contribution in [0.2, 0.25) is 0 Å². The molecule has 1 unspecified atom stereocenters. The lowest BCUT2D eigenvalue weighted by molar-refractivity contribution is 0.724. The first-order valence-corrected chi connectivity index (χ1v) is 8.36. The van der Waals surface area contributed by atoms with Gasteiger partial charge in [0.05, 0.1) is 0 Å². The minimum absolute atomic E-state index is 0.0340. The Labute approximate surface area is 130 Å². The number of hydrogen-bond acceptors (Lipinski definition) is 2. The maximum absolute atomic E-state index is 6.40. The molecule has 1 nitrogen and oxygen atoms in total. The van der Waals surface area contributed by atoms with Gasteiger partial charge in [-0.2, -0.15) is 0 Å². The van der Waals surface area contributed by atoms with Crippen LogP contribution in [0.15, 0.2) is 71.6 Å². The highest BCUT2D eigenvalue weighted by Crippen LogP contribution is 2.24. The second-order valence-electron chi connectivity index (χ2n) is 5.22. The summed E-state index contributed by atoms with van der Waals surface area (Å²) < 4.78 is 0. The van der Waals surface area contributed by atoms with Gasteiger partial charge in [0.2, 0.25) is 0 Å². The number of benzene rings is 3. The molecule has 0 bridgehead atoms. The molecule has 0 amide bonds. The van der Waals surface area contributed by atoms with E-state index in [1.807, 2.05) is 0 Å². The predicted octanol–water partition coefficient (Wildman–Crippen LogP) is 4.80. The molecule has 0 aliphatic carbocycles. The van der Waals surface area contributed by atoms with Crippen molar-refractivity contribution in [2.45, 2.75) is 17.4 Å². The summed E-state index contributed by atoms with van der Waals surface area (Å²) >= 11 is 1.75. The molecule has 0 fully saturated rings. The zero-order chi connectivity index (χ0) is 14.7. The van der Waals surface area contributed by atoms with E-state index in [1.165, 1.54) is 26.8 Å². The van der Waals surface area contributed by atoms with Gasteiger partial charge in [-0.3, -0.25) is 0 Å². The zero-order valence-electron chi connectivity index (χ0n) is 12.1. The molecule has 21 heavy (non-hydrogen) atoms. The first kappa shape index (κ1) is 14.2. The van der Waals surface area contributed by atoms with Crippen molar-refractivity contribution in [1.82, 2.24) is 0 Å². The average Bonchev–Trinajstić information content (AvgIpc) is 2.55. The van der Waals surface area contributed by atoms with Gasteiger partial charge in [0, 0.05) is 10.9 Å². The highest BCUT2D eigenvalue weighted by Gasteiger charge is 2.09. The highest BCUT2D eigenvalue weighted by molar-refractivity contribution is 7.98. The lowest BCUT2D eigenvalue weighted by Gasteiger charge is -2.14. The third-order valence-corrected chi connectivity index (χ3v) is 4.61. The molecule has 0 spiro atoms. The summed E-state index contributed by atoms with van der Waals surface area (Å²) in [6.45, 7) is 0. The third kappa shape index (κ3) is 3.12. The van der Waals surface area contributed by atoms with Crippen molar-refractivity contribution >= 4 is 22.5 Å². The van der Waals surface area contributed by atoms with Gasteiger partial charge in [-0.15, -0.1) is 11.8 Å². The number of hydrogen-bond donors (Lipinski definition) is 1. The molecule has 106 valence electrons. The highest BCUT2D eigenvalue weighted by atomic mass is 32.2. The SMILES string of the molecule is CSc1ccc(C(N)Cc2cccc3ccccc23)cc1. The van der Waals surface area contributed by atoms with Crippen molar-refractivity contribution in [3.05, 3.63) is 77.9 Å². The Kier molecular flexibility index (Phi) is 4.28. The normalized spacial score (nSPS) is 12.5. The molecule has 0 saturated carbocycles. The molecule has 0 radical (unpaired) electrons. The summed E-state index contributed by atoms with van der Waals surface area (Å²) in [5, 5.41) is 2.58. The summed E-state index contributed by atoms with van der Waals surface area (Å²) in [5.41, 5.74) is 8.91. The van der Waals surface area contributed by atoms with Crippen molar-refractivity contribution in [1.29, 1.82) is 0 Å². The predicted molar refractivity (Wildman–Crippen MR) is 92.8 cm³/mol. The van der Waals surface area contributed by atoms with Crippen LogP contribution in [0.4, 0.5) is 0 Å². The average molecular weight is 293 g/mol. The Bertz CT molecular complexity index is 729. The van der Waals surface area contributed by atoms with E-state index >= 15 is 0 Å². The molecule has 3 rings (SSSR count). The Morgan fingerprint density at radius 1 is 0.905 bits per heavy atom. The molecule has 2 N–H and O–H groups in total. The summed E-state index contributed by atoms with van der Waals surface area (Å²) in [6.07, 6.45) is 2.95. The maximum atomic E-state index is 6.40. The van der Waals surface area contributed by atoms with E-state index in [0.717, 1.165) is 6.42 Å². The third-order valence-electron chi connectivity index (χ3n) is 3.86. The lowest BCUT2D eigenvalue weighted by Crippen LogP contribution is -2.13. The van der Waals surface area contributed by atoms with E-state index in [1.54, 1.807) is 11.8 Å². The van der Waals surface area contributed by atoms with Gasteiger partial charge in [-0.1, -0.05) is 54.6 Å². The minimum Gasteiger partial charge on any atom is -0.324 e. The Balaban J connectivity index is 1.87. The van der Waals surface area contributed by atoms with Crippen molar-refractivity contribution in [3.8, 4) is 0 Å². The van der Waals surface area contributed by atoms with Crippen LogP contribution in [-0.2, 0) is 6.42 Å². The summed E-state index contributed by atoms with van der Waals surface area (Å²) in [6, 6.07) is 23.5. The number of rotatable bonds is 4. The fourth-order valence-corrected chi connectivity index (χ4v) is 3.08. The monoisotopic (exact) mass is 293 g/mol. The summed E-state index contributed by atoms with van der Waals surface area (Å²) in [4.78, 5) is 1.27. The Morgan fingerprint density at radius 2 is 1.62 bits per heavy atom. The standard InChI is InChI=1S/C19H19NS/c1-21-17-11-9-15(10-12-17)19(20)13-16-7-4-6-14-5-2-3-8-18(14)16/h2-12,19H,13,20H2,1H3. The quantitative estimate of drug-likeness (QED) is 0.699. The fourth-order valence-electron chi connectivity index (χ4n) is 2.68. The van der Waals surface area contributed by atoms with Crippen LogP contribution in [0.25, 0.3) is 10.8 Å². The van der Waals surface area contributed by atoms with Crippen molar-refractivity contribution < 1.29 is 0 Å². The first-order chi connectivity index (χ1) is 10.3. The van der Waals surface area contributed by atoms with Crippen LogP contribution in [0.5, 0.6) is 0 Å². The van der Waals surface area contributed by atoms with Gasteiger partial charge >= 0.3 is 0 Å². The van der Waals surface area contributed by atoms with Gasteiger partial charge < -0.3 is 5.73 Å². The number of nitrogens with two attached hydrogens (primary N) is 1. The number of thioether (sulfide) groups is 1. The van der Waals surface area contributed by atoms with Gasteiger partial charge in [-0.25, -0.2) is 0 Å². The minimum atomic E-state index is 0.0340. The van der Waals surface area contributed by atoms with Gasteiger partial charge in [-0.05, 0) is 46.7 Å². The van der Waals surface area contributed by atoms with Crippen LogP contribution >= 0.6 is 11.8 Å². The van der Waals surface area contributed by atoms with E-state index in [-0.39, 0.29) is 6.04 Å². The molecule has 0 aliphatic heterocycles. The summed E-state index contributed by atoms with van der Waals surface area (Å²) in [7, 11) is 0. The maximum Gasteiger partial charge on any atom is 0.0335 e. The Morgan fingerprint density at radius 3 is 2.38 bits per heavy atom. The van der Waals surface area contributed by atoms with Gasteiger partial charge in [0.1, 0.15) is 0 Å². The molecule has 2 heteroatoms. The molecule has 0 aromatic heterocycles. The largest absolute Gasteiger partial charge is 0.324 e. The Hall–Kier alpha value is -1.77. The van der Waals surface area contributed by atoms with Crippen LogP contribution in [0, 0.1) is 0 Å². The van der Waals surface area contributed by atoms with E-state index in [4.69, 9.17) is 5.73 Å². The molecular formula is C19H19NS. The van der Waals surface area contributed by atoms with E-state index in [9.17, 15) is 0 Å². The topological polar surface area (TPSA) is 26.0 Å². The molecular weight excluding hydrogens is 274 g/mol. The molecule has 3 aromatic carbocycles. The van der Waals surface area contributed by atoms with E-state index in [0.29, 0.717) is 0 Å². The van der Waals surface area contributed by atoms with Gasteiger partial charge in [0.15, 0.2) is 0 Å². The van der Waals surface area contributed by atoms with Crippen LogP contribution in [0.1, 0.15) is 17.2 Å². The zero-order valence-corrected chi connectivity index (χ0v) is 12.9. The van der Waals surface area contributed by atoms with Crippen molar-refractivity contribution in [2.24, 2.45) is 5.73 Å². The smallest absolute Gasteiger partial charge is 0.0335 e. The van der Waals surface area contributed by atoms with Crippen LogP contribution < -0.4 is 5.73 Å². The molecule has 1 atom stereocenters. The molecule has 0 aliphatic rings. The summed E-state index contributed by atoms with van der Waals surface area (Å²) in [5.74, 6) is 0. The molecule has 0 saturated heterocycles. The van der Waals surface area contributed by atoms with Crippen LogP contribution in [-0.4, -0.2) is 6.26 Å². The first-order valence-electron chi connectivity index (χ1n) is 7.14. The second kappa shape index (κ2) is 6.33. The van der Waals surface area contributed by atoms with Gasteiger partial charge in [0.25, 0.3) is 0 Å². The molecule has 0 heterocycles. The van der Waals surface area contributed by atoms with E-state index < -0.39 is 0 Å². The van der Waals surface area contributed by atoms with Crippen molar-refractivity contribution in [3.63, 3.8) is 0 Å². The van der Waals surface area contributed by atoms with E-state index in [2.05, 4.69) is 73.0 Å². The number of fused-ring (bicyclic) bond motifs is 1.